The highest BCUT2D eigenvalue weighted by Gasteiger charge is 2.12. The summed E-state index contributed by atoms with van der Waals surface area (Å²) in [6.45, 7) is 0.569. The van der Waals surface area contributed by atoms with Crippen molar-refractivity contribution in [3.05, 3.63) is 35.9 Å². The van der Waals surface area contributed by atoms with E-state index < -0.39 is 6.09 Å². The Kier molecular flexibility index (Phi) is 6.83. The van der Waals surface area contributed by atoms with E-state index in [1.807, 2.05) is 30.3 Å². The van der Waals surface area contributed by atoms with Gasteiger partial charge in [0.05, 0.1) is 12.6 Å². The normalized spacial score (nSPS) is 11.9. The Morgan fingerprint density at radius 3 is 2.72 bits per heavy atom. The number of aliphatic hydroxyl groups is 1. The molecular formula is C13H19NO4. The lowest BCUT2D eigenvalue weighted by atomic mass is 10.2. The summed E-state index contributed by atoms with van der Waals surface area (Å²) in [4.78, 5) is 11.5. The van der Waals surface area contributed by atoms with Crippen molar-refractivity contribution in [2.75, 3.05) is 20.3 Å². The van der Waals surface area contributed by atoms with Crippen LogP contribution in [0.25, 0.3) is 0 Å². The summed E-state index contributed by atoms with van der Waals surface area (Å²) in [7, 11) is 1.54. The van der Waals surface area contributed by atoms with Crippen molar-refractivity contribution in [3.63, 3.8) is 0 Å². The summed E-state index contributed by atoms with van der Waals surface area (Å²) in [5, 5.41) is 11.5. The number of rotatable bonds is 7. The van der Waals surface area contributed by atoms with E-state index in [9.17, 15) is 4.79 Å². The van der Waals surface area contributed by atoms with Gasteiger partial charge in [0.2, 0.25) is 0 Å². The van der Waals surface area contributed by atoms with Crippen molar-refractivity contribution in [1.82, 2.24) is 5.32 Å². The molecule has 1 aromatic carbocycles. The van der Waals surface area contributed by atoms with Crippen molar-refractivity contribution in [1.29, 1.82) is 0 Å². The summed E-state index contributed by atoms with van der Waals surface area (Å²) in [5.74, 6) is 0. The third kappa shape index (κ3) is 5.65. The zero-order valence-corrected chi connectivity index (χ0v) is 10.5. The van der Waals surface area contributed by atoms with Crippen LogP contribution in [0.5, 0.6) is 0 Å². The first-order valence-electron chi connectivity index (χ1n) is 5.83. The molecule has 0 radical (unpaired) electrons. The van der Waals surface area contributed by atoms with Gasteiger partial charge in [-0.2, -0.15) is 0 Å². The molecule has 0 saturated carbocycles. The second kappa shape index (κ2) is 8.49. The highest BCUT2D eigenvalue weighted by molar-refractivity contribution is 5.67. The van der Waals surface area contributed by atoms with Crippen LogP contribution in [0.4, 0.5) is 4.79 Å². The Balaban J connectivity index is 2.31. The number of carbonyl (C=O) groups is 1. The Morgan fingerprint density at radius 2 is 2.11 bits per heavy atom. The average Bonchev–Trinajstić information content (AvgIpc) is 2.38. The van der Waals surface area contributed by atoms with Gasteiger partial charge >= 0.3 is 6.09 Å². The fourth-order valence-electron chi connectivity index (χ4n) is 1.49. The molecule has 0 aliphatic carbocycles. The Labute approximate surface area is 107 Å². The van der Waals surface area contributed by atoms with E-state index >= 15 is 0 Å². The molecular weight excluding hydrogens is 234 g/mol. The van der Waals surface area contributed by atoms with Gasteiger partial charge in [-0.1, -0.05) is 30.3 Å². The number of hydrogen-bond acceptors (Lipinski definition) is 4. The molecule has 0 heterocycles. The molecule has 2 N–H and O–H groups in total. The van der Waals surface area contributed by atoms with E-state index in [1.54, 1.807) is 7.11 Å². The van der Waals surface area contributed by atoms with Gasteiger partial charge in [-0.05, 0) is 12.0 Å². The van der Waals surface area contributed by atoms with Gasteiger partial charge in [0.1, 0.15) is 6.61 Å². The molecule has 1 amide bonds. The van der Waals surface area contributed by atoms with Gasteiger partial charge in [-0.15, -0.1) is 0 Å². The summed E-state index contributed by atoms with van der Waals surface area (Å²) in [5.41, 5.74) is 0.929. The van der Waals surface area contributed by atoms with Gasteiger partial charge in [0, 0.05) is 13.7 Å². The number of nitrogens with one attached hydrogen (secondary N) is 1. The van der Waals surface area contributed by atoms with E-state index in [0.29, 0.717) is 13.0 Å². The first-order chi connectivity index (χ1) is 8.76. The third-order valence-electron chi connectivity index (χ3n) is 2.38. The number of aliphatic hydroxyl groups excluding tert-OH is 1. The van der Waals surface area contributed by atoms with Crippen LogP contribution >= 0.6 is 0 Å². The van der Waals surface area contributed by atoms with Gasteiger partial charge < -0.3 is 19.9 Å². The maximum Gasteiger partial charge on any atom is 0.407 e. The summed E-state index contributed by atoms with van der Waals surface area (Å²) in [6.07, 6.45) is -0.0665. The predicted octanol–water partition coefficient (Wildman–Crippen LogP) is 1.31. The fraction of sp³-hybridized carbons (Fsp3) is 0.462. The highest BCUT2D eigenvalue weighted by Crippen LogP contribution is 2.01. The minimum atomic E-state index is -0.505. The van der Waals surface area contributed by atoms with Crippen molar-refractivity contribution < 1.29 is 19.4 Å². The SMILES string of the molecule is COCC(CCO)NC(=O)OCc1ccccc1. The van der Waals surface area contributed by atoms with E-state index in [4.69, 9.17) is 14.6 Å². The topological polar surface area (TPSA) is 67.8 Å². The zero-order valence-electron chi connectivity index (χ0n) is 10.5. The van der Waals surface area contributed by atoms with Crippen molar-refractivity contribution in [3.8, 4) is 0 Å². The van der Waals surface area contributed by atoms with Gasteiger partial charge in [0.15, 0.2) is 0 Å². The molecule has 0 aliphatic rings. The Bertz CT molecular complexity index is 336. The van der Waals surface area contributed by atoms with Crippen LogP contribution in [0.1, 0.15) is 12.0 Å². The second-order valence-corrected chi connectivity index (χ2v) is 3.87. The van der Waals surface area contributed by atoms with Gasteiger partial charge in [-0.25, -0.2) is 4.79 Å². The van der Waals surface area contributed by atoms with Crippen LogP contribution < -0.4 is 5.32 Å². The lowest BCUT2D eigenvalue weighted by molar-refractivity contribution is 0.114. The van der Waals surface area contributed by atoms with E-state index in [1.165, 1.54) is 0 Å². The van der Waals surface area contributed by atoms with E-state index in [0.717, 1.165) is 5.56 Å². The molecule has 100 valence electrons. The molecule has 1 rings (SSSR count). The zero-order chi connectivity index (χ0) is 13.2. The molecule has 18 heavy (non-hydrogen) atoms. The lowest BCUT2D eigenvalue weighted by Gasteiger charge is -2.16. The standard InChI is InChI=1S/C13H19NO4/c1-17-10-12(7-8-15)14-13(16)18-9-11-5-3-2-4-6-11/h2-6,12,15H,7-10H2,1H3,(H,14,16). The monoisotopic (exact) mass is 253 g/mol. The fourth-order valence-corrected chi connectivity index (χ4v) is 1.49. The average molecular weight is 253 g/mol. The number of benzene rings is 1. The van der Waals surface area contributed by atoms with Crippen LogP contribution in [-0.2, 0) is 16.1 Å². The quantitative estimate of drug-likeness (QED) is 0.769. The van der Waals surface area contributed by atoms with Crippen molar-refractivity contribution in [2.24, 2.45) is 0 Å². The maximum absolute atomic E-state index is 11.5. The number of ether oxygens (including phenoxy) is 2. The molecule has 1 unspecified atom stereocenters. The summed E-state index contributed by atoms with van der Waals surface area (Å²) < 4.78 is 10.0. The molecule has 0 fully saturated rings. The lowest BCUT2D eigenvalue weighted by Crippen LogP contribution is -2.38. The van der Waals surface area contributed by atoms with Crippen LogP contribution in [-0.4, -0.2) is 37.6 Å². The summed E-state index contributed by atoms with van der Waals surface area (Å²) >= 11 is 0. The third-order valence-corrected chi connectivity index (χ3v) is 2.38. The summed E-state index contributed by atoms with van der Waals surface area (Å²) in [6, 6.07) is 9.20. The number of carbonyl (C=O) groups excluding carboxylic acids is 1. The highest BCUT2D eigenvalue weighted by atomic mass is 16.5. The second-order valence-electron chi connectivity index (χ2n) is 3.87. The van der Waals surface area contributed by atoms with Crippen LogP contribution in [0.2, 0.25) is 0 Å². The van der Waals surface area contributed by atoms with Crippen molar-refractivity contribution >= 4 is 6.09 Å². The van der Waals surface area contributed by atoms with Crippen LogP contribution in [0, 0.1) is 0 Å². The Hall–Kier alpha value is -1.59. The molecule has 1 aromatic rings. The predicted molar refractivity (Wildman–Crippen MR) is 67.1 cm³/mol. The molecule has 0 aromatic heterocycles. The van der Waals surface area contributed by atoms with Gasteiger partial charge in [0.25, 0.3) is 0 Å². The molecule has 0 spiro atoms. The smallest absolute Gasteiger partial charge is 0.407 e. The first kappa shape index (κ1) is 14.5. The largest absolute Gasteiger partial charge is 0.445 e. The maximum atomic E-state index is 11.5. The van der Waals surface area contributed by atoms with Crippen LogP contribution in [0.3, 0.4) is 0 Å². The number of amides is 1. The van der Waals surface area contributed by atoms with Gasteiger partial charge in [-0.3, -0.25) is 0 Å². The number of hydrogen-bond donors (Lipinski definition) is 2. The van der Waals surface area contributed by atoms with E-state index in [2.05, 4.69) is 5.32 Å². The Morgan fingerprint density at radius 1 is 1.39 bits per heavy atom. The molecule has 0 aliphatic heterocycles. The van der Waals surface area contributed by atoms with Crippen molar-refractivity contribution in [2.45, 2.75) is 19.1 Å². The minimum absolute atomic E-state index is 0.00695. The van der Waals surface area contributed by atoms with E-state index in [-0.39, 0.29) is 19.3 Å². The molecule has 5 nitrogen and oxygen atoms in total. The minimum Gasteiger partial charge on any atom is -0.445 e. The number of methoxy groups -OCH3 is 1. The molecule has 1 atom stereocenters. The number of alkyl carbamates (subject to hydrolysis) is 1. The molecule has 0 bridgehead atoms. The first-order valence-corrected chi connectivity index (χ1v) is 5.83. The molecule has 0 saturated heterocycles. The van der Waals surface area contributed by atoms with Crippen LogP contribution in [0.15, 0.2) is 30.3 Å². The molecule has 5 heteroatoms.